The van der Waals surface area contributed by atoms with Gasteiger partial charge in [-0.1, -0.05) is 18.2 Å². The number of anilines is 1. The predicted molar refractivity (Wildman–Crippen MR) is 95.1 cm³/mol. The lowest BCUT2D eigenvalue weighted by Gasteiger charge is -2.21. The first-order valence-electron chi connectivity index (χ1n) is 8.04. The van der Waals surface area contributed by atoms with Crippen LogP contribution in [-0.2, 0) is 4.74 Å². The van der Waals surface area contributed by atoms with Crippen molar-refractivity contribution < 1.29 is 37.3 Å². The van der Waals surface area contributed by atoms with E-state index in [1.54, 1.807) is 26.8 Å². The molecule has 0 fully saturated rings. The number of benzene rings is 2. The number of para-hydroxylation sites is 1. The van der Waals surface area contributed by atoms with Gasteiger partial charge in [0, 0.05) is 16.8 Å². The summed E-state index contributed by atoms with van der Waals surface area (Å²) in [5.74, 6) is -3.41. The quantitative estimate of drug-likeness (QED) is 0.583. The number of carbonyl (C=O) groups is 2. The number of rotatable bonds is 4. The van der Waals surface area contributed by atoms with Gasteiger partial charge in [0.05, 0.1) is 11.1 Å². The van der Waals surface area contributed by atoms with E-state index < -0.39 is 40.8 Å². The highest BCUT2D eigenvalue weighted by Crippen LogP contribution is 2.39. The van der Waals surface area contributed by atoms with Gasteiger partial charge < -0.3 is 20.3 Å². The minimum absolute atomic E-state index is 0.118. The van der Waals surface area contributed by atoms with Gasteiger partial charge in [0.25, 0.3) is 0 Å². The number of nitrogen functional groups attached to an aromatic ring is 1. The molecule has 0 unspecified atom stereocenters. The number of carboxylic acids is 1. The van der Waals surface area contributed by atoms with Crippen molar-refractivity contribution in [2.24, 2.45) is 0 Å². The average Bonchev–Trinajstić information content (AvgIpc) is 2.52. The van der Waals surface area contributed by atoms with Crippen LogP contribution in [0.25, 0.3) is 11.1 Å². The molecule has 0 radical (unpaired) electrons. The van der Waals surface area contributed by atoms with Crippen molar-refractivity contribution in [1.29, 1.82) is 0 Å². The molecule has 0 saturated heterocycles. The molecular formula is C19H18F3NO5. The summed E-state index contributed by atoms with van der Waals surface area (Å²) in [5.41, 5.74) is 3.86. The second-order valence-electron chi connectivity index (χ2n) is 6.84. The van der Waals surface area contributed by atoms with Gasteiger partial charge in [-0.2, -0.15) is 0 Å². The Bertz CT molecular complexity index is 917. The lowest BCUT2D eigenvalue weighted by atomic mass is 9.96. The molecule has 2 rings (SSSR count). The first-order valence-corrected chi connectivity index (χ1v) is 8.04. The first-order chi connectivity index (χ1) is 12.8. The van der Waals surface area contributed by atoms with Crippen LogP contribution in [-0.4, -0.2) is 29.0 Å². The molecule has 0 aliphatic carbocycles. The van der Waals surface area contributed by atoms with E-state index >= 15 is 0 Å². The van der Waals surface area contributed by atoms with Crippen molar-refractivity contribution >= 4 is 17.6 Å². The number of carbonyl (C=O) groups excluding carboxylic acids is 1. The van der Waals surface area contributed by atoms with Gasteiger partial charge >= 0.3 is 18.3 Å². The third kappa shape index (κ3) is 5.15. The molecule has 2 aromatic carbocycles. The molecule has 3 N–H and O–H groups in total. The van der Waals surface area contributed by atoms with Gasteiger partial charge in [0.15, 0.2) is 0 Å². The van der Waals surface area contributed by atoms with Gasteiger partial charge in [0.2, 0.25) is 0 Å². The van der Waals surface area contributed by atoms with Crippen LogP contribution in [0.15, 0.2) is 36.4 Å². The first kappa shape index (κ1) is 21.1. The van der Waals surface area contributed by atoms with Gasteiger partial charge in [-0.05, 0) is 39.0 Å². The number of hydrogen-bond donors (Lipinski definition) is 2. The van der Waals surface area contributed by atoms with E-state index in [0.717, 1.165) is 6.07 Å². The van der Waals surface area contributed by atoms with E-state index in [9.17, 15) is 27.9 Å². The van der Waals surface area contributed by atoms with Crippen LogP contribution in [0.2, 0.25) is 0 Å². The molecule has 0 aliphatic heterocycles. The predicted octanol–water partition coefficient (Wildman–Crippen LogP) is 4.49. The summed E-state index contributed by atoms with van der Waals surface area (Å²) >= 11 is 0. The molecule has 0 amide bonds. The van der Waals surface area contributed by atoms with Crippen molar-refractivity contribution in [3.63, 3.8) is 0 Å². The number of halogens is 3. The van der Waals surface area contributed by atoms with Crippen molar-refractivity contribution in [3.8, 4) is 16.9 Å². The maximum Gasteiger partial charge on any atom is 0.573 e. The van der Waals surface area contributed by atoms with E-state index in [2.05, 4.69) is 4.74 Å². The number of ether oxygens (including phenoxy) is 2. The minimum Gasteiger partial charge on any atom is -0.478 e. The fourth-order valence-corrected chi connectivity index (χ4v) is 2.42. The highest BCUT2D eigenvalue weighted by atomic mass is 19.4. The van der Waals surface area contributed by atoms with Gasteiger partial charge in [-0.15, -0.1) is 13.2 Å². The number of carboxylic acid groups (broad SMARTS) is 1. The summed E-state index contributed by atoms with van der Waals surface area (Å²) in [6.45, 7) is 4.72. The standard InChI is InChI=1S/C19H18F3NO5/c1-18(2,3)28-17(26)13-8-11(10-6-4-5-7-14(10)23)15(27-19(20,21)22)9-12(13)16(24)25/h4-9H,23H2,1-3H3,(H,24,25). The molecule has 0 spiro atoms. The Labute approximate surface area is 158 Å². The second-order valence-corrected chi connectivity index (χ2v) is 6.84. The molecule has 150 valence electrons. The Balaban J connectivity index is 2.76. The average molecular weight is 397 g/mol. The zero-order valence-electron chi connectivity index (χ0n) is 15.3. The molecule has 0 heterocycles. The van der Waals surface area contributed by atoms with E-state index in [-0.39, 0.29) is 16.8 Å². The Morgan fingerprint density at radius 3 is 2.11 bits per heavy atom. The number of aromatic carboxylic acids is 1. The van der Waals surface area contributed by atoms with Crippen LogP contribution in [0.1, 0.15) is 41.5 Å². The largest absolute Gasteiger partial charge is 0.573 e. The van der Waals surface area contributed by atoms with Crippen molar-refractivity contribution in [2.45, 2.75) is 32.7 Å². The Kier molecular flexibility index (Phi) is 5.58. The summed E-state index contributed by atoms with van der Waals surface area (Å²) in [6, 6.07) is 7.59. The highest BCUT2D eigenvalue weighted by molar-refractivity contribution is 6.04. The lowest BCUT2D eigenvalue weighted by Crippen LogP contribution is -2.25. The molecule has 0 aromatic heterocycles. The molecule has 0 bridgehead atoms. The molecular weight excluding hydrogens is 379 g/mol. The van der Waals surface area contributed by atoms with E-state index in [1.165, 1.54) is 18.2 Å². The number of nitrogens with two attached hydrogens (primary N) is 1. The maximum atomic E-state index is 12.9. The number of alkyl halides is 3. The normalized spacial score (nSPS) is 11.8. The molecule has 0 atom stereocenters. The smallest absolute Gasteiger partial charge is 0.478 e. The van der Waals surface area contributed by atoms with E-state index in [0.29, 0.717) is 6.07 Å². The minimum atomic E-state index is -5.08. The van der Waals surface area contributed by atoms with Crippen LogP contribution in [0.5, 0.6) is 5.75 Å². The molecule has 0 aliphatic rings. The number of hydrogen-bond acceptors (Lipinski definition) is 5. The second kappa shape index (κ2) is 7.41. The van der Waals surface area contributed by atoms with Gasteiger partial charge in [-0.25, -0.2) is 9.59 Å². The summed E-state index contributed by atoms with van der Waals surface area (Å²) < 4.78 is 47.8. The molecule has 28 heavy (non-hydrogen) atoms. The fraction of sp³-hybridized carbons (Fsp3) is 0.263. The van der Waals surface area contributed by atoms with Gasteiger partial charge in [0.1, 0.15) is 11.4 Å². The Morgan fingerprint density at radius 2 is 1.61 bits per heavy atom. The van der Waals surface area contributed by atoms with E-state index in [1.807, 2.05) is 0 Å². The zero-order chi connectivity index (χ0) is 21.3. The van der Waals surface area contributed by atoms with E-state index in [4.69, 9.17) is 10.5 Å². The van der Waals surface area contributed by atoms with Crippen molar-refractivity contribution in [2.75, 3.05) is 5.73 Å². The maximum absolute atomic E-state index is 12.9. The van der Waals surface area contributed by atoms with Crippen molar-refractivity contribution in [3.05, 3.63) is 47.5 Å². The Hall–Kier alpha value is -3.23. The third-order valence-corrected chi connectivity index (χ3v) is 3.45. The Morgan fingerprint density at radius 1 is 1.00 bits per heavy atom. The van der Waals surface area contributed by atoms with Crippen LogP contribution >= 0.6 is 0 Å². The van der Waals surface area contributed by atoms with Crippen molar-refractivity contribution in [1.82, 2.24) is 0 Å². The van der Waals surface area contributed by atoms with Gasteiger partial charge in [-0.3, -0.25) is 0 Å². The van der Waals surface area contributed by atoms with Crippen LogP contribution in [0.3, 0.4) is 0 Å². The van der Waals surface area contributed by atoms with Crippen LogP contribution in [0, 0.1) is 0 Å². The zero-order valence-corrected chi connectivity index (χ0v) is 15.3. The van der Waals surface area contributed by atoms with Crippen LogP contribution in [0.4, 0.5) is 18.9 Å². The van der Waals surface area contributed by atoms with Crippen LogP contribution < -0.4 is 10.5 Å². The SMILES string of the molecule is CC(C)(C)OC(=O)c1cc(-c2ccccc2N)c(OC(F)(F)F)cc1C(=O)O. The summed E-state index contributed by atoms with van der Waals surface area (Å²) in [6.07, 6.45) is -5.08. The lowest BCUT2D eigenvalue weighted by molar-refractivity contribution is -0.274. The fourth-order valence-electron chi connectivity index (χ4n) is 2.42. The summed E-state index contributed by atoms with van der Waals surface area (Å²) in [5, 5.41) is 9.38. The summed E-state index contributed by atoms with van der Waals surface area (Å²) in [7, 11) is 0. The topological polar surface area (TPSA) is 98.9 Å². The molecule has 9 heteroatoms. The monoisotopic (exact) mass is 397 g/mol. The third-order valence-electron chi connectivity index (χ3n) is 3.45. The summed E-state index contributed by atoms with van der Waals surface area (Å²) in [4.78, 5) is 24.0. The number of esters is 1. The molecule has 6 nitrogen and oxygen atoms in total. The molecule has 0 saturated carbocycles. The molecule has 2 aromatic rings. The highest BCUT2D eigenvalue weighted by Gasteiger charge is 2.34.